The van der Waals surface area contributed by atoms with Crippen molar-refractivity contribution < 1.29 is 32.6 Å². The van der Waals surface area contributed by atoms with E-state index in [2.05, 4.69) is 20.9 Å². The summed E-state index contributed by atoms with van der Waals surface area (Å²) in [5, 5.41) is 20.3. The van der Waals surface area contributed by atoms with Gasteiger partial charge in [0.05, 0.1) is 22.9 Å². The molecule has 1 saturated heterocycles. The van der Waals surface area contributed by atoms with Crippen LogP contribution in [0.5, 0.6) is 0 Å². The highest BCUT2D eigenvalue weighted by atomic mass is 32.2. The van der Waals surface area contributed by atoms with Gasteiger partial charge in [-0.1, -0.05) is 49.6 Å². The van der Waals surface area contributed by atoms with Crippen LogP contribution in [0.1, 0.15) is 72.3 Å². The average molecular weight is 651 g/mol. The molecular weight excluding hydrogens is 596 g/mol. The molecule has 2 fully saturated rings. The molecular formula is C33H54N4O7S. The smallest absolute Gasteiger partial charge is 0.246 e. The summed E-state index contributed by atoms with van der Waals surface area (Å²) in [6.07, 6.45) is 5.37. The third-order valence-electron chi connectivity index (χ3n) is 9.31. The maximum atomic E-state index is 13.9. The fourth-order valence-corrected chi connectivity index (χ4v) is 7.11. The van der Waals surface area contributed by atoms with Crippen LogP contribution in [0.25, 0.3) is 0 Å². The number of benzene rings is 1. The number of nitrogens with one attached hydrogen (secondary N) is 3. The molecule has 2 aliphatic rings. The molecule has 0 aromatic heterocycles. The third kappa shape index (κ3) is 10.2. The Hall–Kier alpha value is -2.54. The number of amides is 3. The van der Waals surface area contributed by atoms with Gasteiger partial charge in [0.1, 0.15) is 12.6 Å². The minimum Gasteiger partial charge on any atom is -0.390 e. The Balaban J connectivity index is 1.91. The van der Waals surface area contributed by atoms with E-state index in [0.29, 0.717) is 24.8 Å². The van der Waals surface area contributed by atoms with Gasteiger partial charge >= 0.3 is 0 Å². The quantitative estimate of drug-likeness (QED) is 0.252. The number of fused-ring (bicyclic) bond motifs is 1. The standard InChI is InChI=1S/C33H54N4O7S/c1-32(2,3)36-30(40)26-18-23-15-11-12-16-24(23)19-37(26)20-27(38)25(17-22-13-9-8-10-14-22)34-31(41)29(35-28(39)21-44-6)33(4,5)45(7,42)43/h8-10,13-14,23-27,29,38H,11-12,15-21H2,1-7H3,(H,34,41)(H,35,39)(H,36,40)/t23?,24?,25-,26-,27+,29+/m0/s1. The number of β-amino-alcohol motifs (C(OH)–C–C–N with tert-alkyl or cyclic N) is 1. The molecule has 12 heteroatoms. The number of ether oxygens (including phenoxy) is 1. The normalized spacial score (nSPS) is 23.2. The summed E-state index contributed by atoms with van der Waals surface area (Å²) in [5.41, 5.74) is 0.445. The third-order valence-corrected chi connectivity index (χ3v) is 11.5. The van der Waals surface area contributed by atoms with Crippen LogP contribution in [-0.4, -0.2) is 104 Å². The molecule has 1 aliphatic carbocycles. The van der Waals surface area contributed by atoms with E-state index < -0.39 is 56.2 Å². The van der Waals surface area contributed by atoms with Crippen molar-refractivity contribution in [3.05, 3.63) is 35.9 Å². The fourth-order valence-electron chi connectivity index (χ4n) is 6.51. The van der Waals surface area contributed by atoms with Gasteiger partial charge in [-0.05, 0) is 71.3 Å². The van der Waals surface area contributed by atoms with E-state index in [0.717, 1.165) is 37.5 Å². The molecule has 1 saturated carbocycles. The first-order chi connectivity index (χ1) is 20.9. The number of piperidine rings is 1. The van der Waals surface area contributed by atoms with E-state index in [1.165, 1.54) is 21.0 Å². The largest absolute Gasteiger partial charge is 0.390 e. The fraction of sp³-hybridized carbons (Fsp3) is 0.727. The average Bonchev–Trinajstić information content (AvgIpc) is 2.94. The molecule has 0 radical (unpaired) electrons. The lowest BCUT2D eigenvalue weighted by Gasteiger charge is -2.47. The van der Waals surface area contributed by atoms with E-state index in [1.54, 1.807) is 0 Å². The predicted octanol–water partition coefficient (Wildman–Crippen LogP) is 1.82. The molecule has 6 atom stereocenters. The summed E-state index contributed by atoms with van der Waals surface area (Å²) in [6.45, 7) is 9.07. The number of sulfone groups is 1. The van der Waals surface area contributed by atoms with Gasteiger partial charge in [0.2, 0.25) is 17.7 Å². The molecule has 45 heavy (non-hydrogen) atoms. The van der Waals surface area contributed by atoms with Crippen LogP contribution in [0.2, 0.25) is 0 Å². The first kappa shape index (κ1) is 36.9. The molecule has 1 aliphatic heterocycles. The van der Waals surface area contributed by atoms with Gasteiger partial charge in [-0.25, -0.2) is 8.42 Å². The first-order valence-corrected chi connectivity index (χ1v) is 17.9. The van der Waals surface area contributed by atoms with Crippen LogP contribution in [0.3, 0.4) is 0 Å². The van der Waals surface area contributed by atoms with Gasteiger partial charge in [-0.15, -0.1) is 0 Å². The lowest BCUT2D eigenvalue weighted by molar-refractivity contribution is -0.134. The van der Waals surface area contributed by atoms with Crippen LogP contribution < -0.4 is 16.0 Å². The molecule has 1 aromatic rings. The molecule has 254 valence electrons. The van der Waals surface area contributed by atoms with Crippen molar-refractivity contribution in [2.75, 3.05) is 33.1 Å². The number of aliphatic hydroxyl groups excluding tert-OH is 1. The van der Waals surface area contributed by atoms with Crippen LogP contribution in [0, 0.1) is 11.8 Å². The van der Waals surface area contributed by atoms with Gasteiger partial charge in [0.25, 0.3) is 0 Å². The van der Waals surface area contributed by atoms with Gasteiger partial charge in [-0.2, -0.15) is 0 Å². The van der Waals surface area contributed by atoms with Crippen molar-refractivity contribution in [1.29, 1.82) is 0 Å². The molecule has 1 heterocycles. The van der Waals surface area contributed by atoms with Crippen LogP contribution >= 0.6 is 0 Å². The molecule has 2 unspecified atom stereocenters. The Morgan fingerprint density at radius 1 is 1.02 bits per heavy atom. The summed E-state index contributed by atoms with van der Waals surface area (Å²) in [5.74, 6) is -0.557. The number of hydrogen-bond donors (Lipinski definition) is 4. The summed E-state index contributed by atoms with van der Waals surface area (Å²) in [4.78, 5) is 42.0. The molecule has 3 rings (SSSR count). The van der Waals surface area contributed by atoms with Gasteiger partial charge in [0.15, 0.2) is 9.84 Å². The Morgan fingerprint density at radius 2 is 1.64 bits per heavy atom. The number of carbonyl (C=O) groups is 3. The second-order valence-electron chi connectivity index (χ2n) is 14.4. The van der Waals surface area contributed by atoms with Crippen molar-refractivity contribution in [1.82, 2.24) is 20.9 Å². The van der Waals surface area contributed by atoms with Crippen molar-refractivity contribution in [3.63, 3.8) is 0 Å². The predicted molar refractivity (Wildman–Crippen MR) is 174 cm³/mol. The highest BCUT2D eigenvalue weighted by Crippen LogP contribution is 2.39. The maximum Gasteiger partial charge on any atom is 0.246 e. The van der Waals surface area contributed by atoms with Crippen molar-refractivity contribution in [3.8, 4) is 0 Å². The highest BCUT2D eigenvalue weighted by molar-refractivity contribution is 7.92. The Morgan fingerprint density at radius 3 is 2.22 bits per heavy atom. The van der Waals surface area contributed by atoms with Crippen LogP contribution in [0.4, 0.5) is 0 Å². The number of rotatable bonds is 13. The lowest BCUT2D eigenvalue weighted by atomic mass is 9.72. The number of carbonyl (C=O) groups excluding carboxylic acids is 3. The molecule has 3 amide bonds. The van der Waals surface area contributed by atoms with Gasteiger partial charge in [-0.3, -0.25) is 19.3 Å². The number of hydrogen-bond acceptors (Lipinski definition) is 8. The molecule has 0 spiro atoms. The van der Waals surface area contributed by atoms with Crippen molar-refractivity contribution >= 4 is 27.6 Å². The van der Waals surface area contributed by atoms with Gasteiger partial charge in [0, 0.05) is 32.0 Å². The topological polar surface area (TPSA) is 154 Å². The summed E-state index contributed by atoms with van der Waals surface area (Å²) in [7, 11) is -2.49. The minimum absolute atomic E-state index is 0.0711. The molecule has 1 aromatic carbocycles. The molecule has 0 bridgehead atoms. The van der Waals surface area contributed by atoms with Crippen LogP contribution in [-0.2, 0) is 35.4 Å². The van der Waals surface area contributed by atoms with Gasteiger partial charge < -0.3 is 25.8 Å². The zero-order valence-corrected chi connectivity index (χ0v) is 28.8. The zero-order valence-electron chi connectivity index (χ0n) is 28.0. The number of methoxy groups -OCH3 is 1. The van der Waals surface area contributed by atoms with E-state index >= 15 is 0 Å². The summed E-state index contributed by atoms with van der Waals surface area (Å²) < 4.78 is 28.8. The minimum atomic E-state index is -3.82. The first-order valence-electron chi connectivity index (χ1n) is 16.0. The second-order valence-corrected chi connectivity index (χ2v) is 17.0. The SMILES string of the molecule is COCC(=O)N[C@H](C(=O)N[C@@H](Cc1ccccc1)[C@H](O)CN1CC2CCCCC2C[C@H]1C(=O)NC(C)(C)C)C(C)(C)S(C)(=O)=O. The Kier molecular flexibility index (Phi) is 12.6. The number of likely N-dealkylation sites (tertiary alicyclic amines) is 1. The monoisotopic (exact) mass is 650 g/mol. The Labute approximate surface area is 269 Å². The van der Waals surface area contributed by atoms with E-state index in [1.807, 2.05) is 51.1 Å². The second kappa shape index (κ2) is 15.4. The van der Waals surface area contributed by atoms with Crippen LogP contribution in [0.15, 0.2) is 30.3 Å². The number of aliphatic hydroxyl groups is 1. The number of nitrogens with zero attached hydrogens (tertiary/aromatic N) is 1. The molecule has 4 N–H and O–H groups in total. The van der Waals surface area contributed by atoms with Crippen molar-refractivity contribution in [2.24, 2.45) is 11.8 Å². The maximum absolute atomic E-state index is 13.9. The van der Waals surface area contributed by atoms with E-state index in [4.69, 9.17) is 4.74 Å². The summed E-state index contributed by atoms with van der Waals surface area (Å²) in [6, 6.07) is 6.65. The Bertz CT molecular complexity index is 1270. The van der Waals surface area contributed by atoms with E-state index in [-0.39, 0.29) is 25.5 Å². The highest BCUT2D eigenvalue weighted by Gasteiger charge is 2.46. The molecule has 11 nitrogen and oxygen atoms in total. The zero-order chi connectivity index (χ0) is 33.6. The lowest BCUT2D eigenvalue weighted by Crippen LogP contribution is -2.64. The summed E-state index contributed by atoms with van der Waals surface area (Å²) >= 11 is 0. The van der Waals surface area contributed by atoms with E-state index in [9.17, 15) is 27.9 Å². The van der Waals surface area contributed by atoms with Crippen molar-refractivity contribution in [2.45, 2.75) is 108 Å².